The molecule has 96 valence electrons. The molecule has 3 aromatic rings. The van der Waals surface area contributed by atoms with Gasteiger partial charge < -0.3 is 9.15 Å². The zero-order chi connectivity index (χ0) is 13.6. The molecule has 19 heavy (non-hydrogen) atoms. The second-order valence-corrected chi connectivity index (χ2v) is 4.97. The van der Waals surface area contributed by atoms with Crippen LogP contribution in [-0.2, 0) is 0 Å². The van der Waals surface area contributed by atoms with Crippen molar-refractivity contribution in [3.05, 3.63) is 50.8 Å². The summed E-state index contributed by atoms with van der Waals surface area (Å²) in [5.41, 5.74) is 0.416. The maximum absolute atomic E-state index is 13.6. The van der Waals surface area contributed by atoms with Crippen LogP contribution in [-0.4, -0.2) is 7.11 Å². The maximum Gasteiger partial charge on any atom is 0.200 e. The van der Waals surface area contributed by atoms with Gasteiger partial charge in [-0.1, -0.05) is 15.9 Å². The van der Waals surface area contributed by atoms with Gasteiger partial charge in [0.2, 0.25) is 5.43 Å². The molecular formula is C14H8BrFO3. The molecule has 0 amide bonds. The number of fused-ring (bicyclic) bond motifs is 2. The van der Waals surface area contributed by atoms with Crippen molar-refractivity contribution in [1.29, 1.82) is 0 Å². The molecule has 0 unspecified atom stereocenters. The molecule has 0 N–H and O–H groups in total. The molecule has 0 aliphatic heterocycles. The summed E-state index contributed by atoms with van der Waals surface area (Å²) in [6, 6.07) is 7.63. The molecule has 0 aliphatic carbocycles. The van der Waals surface area contributed by atoms with E-state index in [2.05, 4.69) is 15.9 Å². The zero-order valence-electron chi connectivity index (χ0n) is 9.87. The Morgan fingerprint density at radius 2 is 1.89 bits per heavy atom. The van der Waals surface area contributed by atoms with Crippen molar-refractivity contribution in [3.8, 4) is 5.75 Å². The molecule has 1 aromatic heterocycles. The average molecular weight is 323 g/mol. The lowest BCUT2D eigenvalue weighted by Crippen LogP contribution is -2.03. The van der Waals surface area contributed by atoms with Gasteiger partial charge in [0.05, 0.1) is 17.9 Å². The lowest BCUT2D eigenvalue weighted by Gasteiger charge is -2.05. The quantitative estimate of drug-likeness (QED) is 0.639. The van der Waals surface area contributed by atoms with Gasteiger partial charge in [0.25, 0.3) is 0 Å². The third kappa shape index (κ3) is 1.90. The first-order valence-corrected chi connectivity index (χ1v) is 6.29. The highest BCUT2D eigenvalue weighted by Crippen LogP contribution is 2.26. The van der Waals surface area contributed by atoms with Crippen LogP contribution < -0.4 is 10.2 Å². The highest BCUT2D eigenvalue weighted by molar-refractivity contribution is 9.10. The van der Waals surface area contributed by atoms with Crippen molar-refractivity contribution < 1.29 is 13.5 Å². The van der Waals surface area contributed by atoms with E-state index in [1.54, 1.807) is 18.2 Å². The van der Waals surface area contributed by atoms with E-state index >= 15 is 0 Å². The molecule has 0 bridgehead atoms. The first-order valence-electron chi connectivity index (χ1n) is 5.50. The van der Waals surface area contributed by atoms with E-state index in [9.17, 15) is 9.18 Å². The smallest absolute Gasteiger partial charge is 0.200 e. The van der Waals surface area contributed by atoms with Gasteiger partial charge in [-0.05, 0) is 24.3 Å². The number of ether oxygens (including phenoxy) is 1. The van der Waals surface area contributed by atoms with E-state index in [1.165, 1.54) is 13.2 Å². The lowest BCUT2D eigenvalue weighted by molar-refractivity contribution is 0.387. The Balaban J connectivity index is 2.51. The van der Waals surface area contributed by atoms with Crippen LogP contribution in [0.4, 0.5) is 4.39 Å². The van der Waals surface area contributed by atoms with Gasteiger partial charge in [0.1, 0.15) is 11.2 Å². The Kier molecular flexibility index (Phi) is 2.78. The molecule has 1 heterocycles. The SMILES string of the molecule is COc1cc2c(=O)c3cc(Br)ccc3oc2cc1F. The first kappa shape index (κ1) is 12.2. The highest BCUT2D eigenvalue weighted by atomic mass is 79.9. The van der Waals surface area contributed by atoms with E-state index in [4.69, 9.17) is 9.15 Å². The number of hydrogen-bond acceptors (Lipinski definition) is 3. The van der Waals surface area contributed by atoms with Gasteiger partial charge in [-0.2, -0.15) is 0 Å². The van der Waals surface area contributed by atoms with Crippen molar-refractivity contribution in [2.24, 2.45) is 0 Å². The molecular weight excluding hydrogens is 315 g/mol. The summed E-state index contributed by atoms with van der Waals surface area (Å²) >= 11 is 3.31. The van der Waals surface area contributed by atoms with E-state index in [1.807, 2.05) is 0 Å². The van der Waals surface area contributed by atoms with Gasteiger partial charge in [-0.25, -0.2) is 4.39 Å². The Morgan fingerprint density at radius 1 is 1.16 bits per heavy atom. The van der Waals surface area contributed by atoms with Crippen molar-refractivity contribution >= 4 is 37.9 Å². The molecule has 3 nitrogen and oxygen atoms in total. The zero-order valence-corrected chi connectivity index (χ0v) is 11.5. The van der Waals surface area contributed by atoms with Crippen LogP contribution in [0.1, 0.15) is 0 Å². The number of methoxy groups -OCH3 is 1. The minimum Gasteiger partial charge on any atom is -0.494 e. The van der Waals surface area contributed by atoms with Crippen LogP contribution in [0.2, 0.25) is 0 Å². The molecule has 3 rings (SSSR count). The fourth-order valence-corrected chi connectivity index (χ4v) is 2.35. The van der Waals surface area contributed by atoms with Crippen LogP contribution in [0.15, 0.2) is 44.0 Å². The number of hydrogen-bond donors (Lipinski definition) is 0. The number of rotatable bonds is 1. The van der Waals surface area contributed by atoms with Crippen LogP contribution in [0.25, 0.3) is 21.9 Å². The van der Waals surface area contributed by atoms with E-state index in [-0.39, 0.29) is 16.8 Å². The normalized spacial score (nSPS) is 11.1. The van der Waals surface area contributed by atoms with Crippen LogP contribution in [0.5, 0.6) is 5.75 Å². The minimum absolute atomic E-state index is 0.0224. The summed E-state index contributed by atoms with van der Waals surface area (Å²) in [4.78, 5) is 12.4. The minimum atomic E-state index is -0.561. The third-order valence-electron chi connectivity index (χ3n) is 2.90. The number of benzene rings is 2. The Hall–Kier alpha value is -1.88. The van der Waals surface area contributed by atoms with Crippen molar-refractivity contribution in [1.82, 2.24) is 0 Å². The van der Waals surface area contributed by atoms with Crippen LogP contribution in [0, 0.1) is 5.82 Å². The predicted octanol–water partition coefficient (Wildman–Crippen LogP) is 3.86. The average Bonchev–Trinajstić information content (AvgIpc) is 2.39. The Labute approximate surface area is 115 Å². The monoisotopic (exact) mass is 322 g/mol. The summed E-state index contributed by atoms with van der Waals surface area (Å²) in [5.74, 6) is -0.538. The van der Waals surface area contributed by atoms with Crippen molar-refractivity contribution in [2.45, 2.75) is 0 Å². The van der Waals surface area contributed by atoms with Gasteiger partial charge in [0.15, 0.2) is 11.6 Å². The van der Waals surface area contributed by atoms with E-state index in [0.717, 1.165) is 10.5 Å². The fourth-order valence-electron chi connectivity index (χ4n) is 1.99. The maximum atomic E-state index is 13.6. The lowest BCUT2D eigenvalue weighted by atomic mass is 10.1. The summed E-state index contributed by atoms with van der Waals surface area (Å²) in [6.45, 7) is 0. The second-order valence-electron chi connectivity index (χ2n) is 4.05. The largest absolute Gasteiger partial charge is 0.494 e. The first-order chi connectivity index (χ1) is 9.10. The fraction of sp³-hybridized carbons (Fsp3) is 0.0714. The molecule has 2 aromatic carbocycles. The standard InChI is InChI=1S/C14H8BrFO3/c1-18-13-5-9-12(6-10(13)16)19-11-3-2-7(15)4-8(11)14(9)17/h2-6H,1H3. The molecule has 0 atom stereocenters. The van der Waals surface area contributed by atoms with E-state index < -0.39 is 5.82 Å². The molecule has 0 saturated carbocycles. The Bertz CT molecular complexity index is 855. The van der Waals surface area contributed by atoms with Gasteiger partial charge in [0, 0.05) is 10.5 Å². The second kappa shape index (κ2) is 4.35. The summed E-state index contributed by atoms with van der Waals surface area (Å²) in [7, 11) is 1.35. The molecule has 0 fully saturated rings. The van der Waals surface area contributed by atoms with Crippen molar-refractivity contribution in [3.63, 3.8) is 0 Å². The molecule has 0 spiro atoms. The summed E-state index contributed by atoms with van der Waals surface area (Å²) in [6.07, 6.45) is 0. The summed E-state index contributed by atoms with van der Waals surface area (Å²) < 4.78 is 24.8. The molecule has 0 aliphatic rings. The van der Waals surface area contributed by atoms with Gasteiger partial charge >= 0.3 is 0 Å². The van der Waals surface area contributed by atoms with Crippen molar-refractivity contribution in [2.75, 3.05) is 7.11 Å². The van der Waals surface area contributed by atoms with E-state index in [0.29, 0.717) is 16.4 Å². The molecule has 0 radical (unpaired) electrons. The van der Waals surface area contributed by atoms with Crippen LogP contribution in [0.3, 0.4) is 0 Å². The summed E-state index contributed by atoms with van der Waals surface area (Å²) in [5, 5.41) is 0.736. The van der Waals surface area contributed by atoms with Crippen LogP contribution >= 0.6 is 15.9 Å². The predicted molar refractivity (Wildman–Crippen MR) is 74.2 cm³/mol. The third-order valence-corrected chi connectivity index (χ3v) is 3.40. The molecule has 0 saturated heterocycles. The van der Waals surface area contributed by atoms with Gasteiger partial charge in [-0.15, -0.1) is 0 Å². The molecule has 5 heteroatoms. The van der Waals surface area contributed by atoms with Gasteiger partial charge in [-0.3, -0.25) is 4.79 Å². The number of halogens is 2. The highest BCUT2D eigenvalue weighted by Gasteiger charge is 2.12. The topological polar surface area (TPSA) is 39.4 Å². The Morgan fingerprint density at radius 3 is 2.63 bits per heavy atom.